The van der Waals surface area contributed by atoms with Crippen molar-refractivity contribution in [3.8, 4) is 0 Å². The van der Waals surface area contributed by atoms with Crippen LogP contribution in [-0.4, -0.2) is 11.5 Å². The Morgan fingerprint density at radius 2 is 1.90 bits per heavy atom. The van der Waals surface area contributed by atoms with E-state index in [1.165, 1.54) is 48.6 Å². The fourth-order valence-electron chi connectivity index (χ4n) is 2.78. The lowest BCUT2D eigenvalue weighted by Gasteiger charge is -2.19. The molecule has 0 aliphatic rings. The van der Waals surface area contributed by atoms with Crippen LogP contribution in [0.3, 0.4) is 0 Å². The highest BCUT2D eigenvalue weighted by Gasteiger charge is 2.14. The molecule has 0 amide bonds. The van der Waals surface area contributed by atoms with Crippen LogP contribution >= 0.6 is 0 Å². The quantitative estimate of drug-likeness (QED) is 0.693. The summed E-state index contributed by atoms with van der Waals surface area (Å²) in [7, 11) is 0. The molecule has 0 aliphatic carbocycles. The third kappa shape index (κ3) is 3.80. The summed E-state index contributed by atoms with van der Waals surface area (Å²) in [5.41, 5.74) is 1.21. The summed E-state index contributed by atoms with van der Waals surface area (Å²) in [5.74, 6) is 0. The number of rotatable bonds is 8. The van der Waals surface area contributed by atoms with Gasteiger partial charge in [0.15, 0.2) is 0 Å². The zero-order valence-corrected chi connectivity index (χ0v) is 12.7. The van der Waals surface area contributed by atoms with Crippen LogP contribution in [-0.2, 0) is 0 Å². The van der Waals surface area contributed by atoms with Gasteiger partial charge in [-0.2, -0.15) is 0 Å². The van der Waals surface area contributed by atoms with E-state index in [1.54, 1.807) is 0 Å². The van der Waals surface area contributed by atoms with Crippen LogP contribution in [0, 0.1) is 0 Å². The van der Waals surface area contributed by atoms with Crippen molar-refractivity contribution in [2.75, 3.05) is 6.54 Å². The molecule has 1 heterocycles. The Morgan fingerprint density at radius 3 is 2.70 bits per heavy atom. The first-order chi connectivity index (χ1) is 9.86. The molecule has 2 aromatic rings. The molecule has 0 fully saturated rings. The van der Waals surface area contributed by atoms with E-state index in [0.717, 1.165) is 6.54 Å². The van der Waals surface area contributed by atoms with Gasteiger partial charge in [0.05, 0.1) is 11.7 Å². The zero-order chi connectivity index (χ0) is 14.2. The van der Waals surface area contributed by atoms with E-state index in [-0.39, 0.29) is 0 Å². The number of pyridine rings is 1. The van der Waals surface area contributed by atoms with Gasteiger partial charge in [-0.1, -0.05) is 63.8 Å². The lowest BCUT2D eigenvalue weighted by atomic mass is 9.99. The Balaban J connectivity index is 2.18. The zero-order valence-electron chi connectivity index (χ0n) is 12.7. The second kappa shape index (κ2) is 8.01. The molecule has 0 bridgehead atoms. The number of fused-ring (bicyclic) bond motifs is 1. The van der Waals surface area contributed by atoms with Crippen molar-refractivity contribution in [2.45, 2.75) is 52.0 Å². The maximum Gasteiger partial charge on any atom is 0.0651 e. The summed E-state index contributed by atoms with van der Waals surface area (Å²) in [5, 5.41) is 6.18. The smallest absolute Gasteiger partial charge is 0.0651 e. The fraction of sp³-hybridized carbons (Fsp3) is 0.500. The highest BCUT2D eigenvalue weighted by molar-refractivity contribution is 5.84. The second-order valence-corrected chi connectivity index (χ2v) is 5.38. The number of hydrogen-bond acceptors (Lipinski definition) is 2. The minimum Gasteiger partial charge on any atom is -0.309 e. The molecule has 0 saturated heterocycles. The number of nitrogens with zero attached hydrogens (tertiary/aromatic N) is 1. The Bertz CT molecular complexity index is 516. The van der Waals surface area contributed by atoms with E-state index in [2.05, 4.69) is 54.5 Å². The van der Waals surface area contributed by atoms with E-state index in [4.69, 9.17) is 0 Å². The van der Waals surface area contributed by atoms with Gasteiger partial charge in [0.25, 0.3) is 0 Å². The lowest BCUT2D eigenvalue weighted by Crippen LogP contribution is -2.22. The third-order valence-electron chi connectivity index (χ3n) is 3.83. The van der Waals surface area contributed by atoms with E-state index >= 15 is 0 Å². The second-order valence-electron chi connectivity index (χ2n) is 5.38. The Labute approximate surface area is 122 Å². The largest absolute Gasteiger partial charge is 0.309 e. The summed E-state index contributed by atoms with van der Waals surface area (Å²) in [6, 6.07) is 11.0. The van der Waals surface area contributed by atoms with Crippen molar-refractivity contribution < 1.29 is 0 Å². The number of unbranched alkanes of at least 4 members (excludes halogenated alkanes) is 3. The van der Waals surface area contributed by atoms with Gasteiger partial charge in [0.1, 0.15) is 0 Å². The van der Waals surface area contributed by atoms with Gasteiger partial charge in [-0.3, -0.25) is 4.98 Å². The first-order valence-corrected chi connectivity index (χ1v) is 7.93. The van der Waals surface area contributed by atoms with Gasteiger partial charge in [0.2, 0.25) is 0 Å². The predicted molar refractivity (Wildman–Crippen MR) is 86.9 cm³/mol. The first kappa shape index (κ1) is 15.0. The molecule has 2 heteroatoms. The normalized spacial score (nSPS) is 12.7. The molecule has 2 rings (SSSR count). The van der Waals surface area contributed by atoms with Crippen molar-refractivity contribution in [1.82, 2.24) is 10.3 Å². The molecule has 108 valence electrons. The molecule has 1 aromatic carbocycles. The van der Waals surface area contributed by atoms with Crippen molar-refractivity contribution in [1.29, 1.82) is 0 Å². The minimum atomic E-state index is 0.378. The average molecular weight is 270 g/mol. The molecule has 0 spiro atoms. The van der Waals surface area contributed by atoms with Crippen molar-refractivity contribution in [2.24, 2.45) is 0 Å². The van der Waals surface area contributed by atoms with E-state index in [1.807, 2.05) is 6.20 Å². The number of nitrogens with one attached hydrogen (secondary N) is 1. The highest BCUT2D eigenvalue weighted by atomic mass is 14.9. The maximum atomic E-state index is 4.66. The molecule has 0 aliphatic heterocycles. The number of aromatic nitrogens is 1. The summed E-state index contributed by atoms with van der Waals surface area (Å²) in [6.07, 6.45) is 8.34. The van der Waals surface area contributed by atoms with Gasteiger partial charge < -0.3 is 5.32 Å². The Morgan fingerprint density at radius 1 is 1.05 bits per heavy atom. The third-order valence-corrected chi connectivity index (χ3v) is 3.83. The summed E-state index contributed by atoms with van der Waals surface area (Å²) < 4.78 is 0. The van der Waals surface area contributed by atoms with E-state index in [9.17, 15) is 0 Å². The van der Waals surface area contributed by atoms with Crippen molar-refractivity contribution >= 4 is 10.8 Å². The van der Waals surface area contributed by atoms with Gasteiger partial charge >= 0.3 is 0 Å². The van der Waals surface area contributed by atoms with Crippen LogP contribution < -0.4 is 5.32 Å². The minimum absolute atomic E-state index is 0.378. The van der Waals surface area contributed by atoms with Crippen LogP contribution in [0.4, 0.5) is 0 Å². The maximum absolute atomic E-state index is 4.66. The summed E-state index contributed by atoms with van der Waals surface area (Å²) in [6.45, 7) is 5.42. The van der Waals surface area contributed by atoms with Gasteiger partial charge in [-0.25, -0.2) is 0 Å². The lowest BCUT2D eigenvalue weighted by molar-refractivity contribution is 0.476. The van der Waals surface area contributed by atoms with Crippen LogP contribution in [0.1, 0.15) is 57.7 Å². The Hall–Kier alpha value is -1.41. The highest BCUT2D eigenvalue weighted by Crippen LogP contribution is 2.25. The standard InChI is InChI=1S/C18H26N2/c1-3-5-6-7-12-17(19-4-2)18-16-11-9-8-10-15(16)13-14-20-18/h8-11,13-14,17,19H,3-7,12H2,1-2H3. The first-order valence-electron chi connectivity index (χ1n) is 7.93. The van der Waals surface area contributed by atoms with Crippen LogP contribution in [0.2, 0.25) is 0 Å². The molecule has 1 aromatic heterocycles. The summed E-state index contributed by atoms with van der Waals surface area (Å²) >= 11 is 0. The average Bonchev–Trinajstić information content (AvgIpc) is 2.50. The van der Waals surface area contributed by atoms with E-state index < -0.39 is 0 Å². The SMILES string of the molecule is CCCCCCC(NCC)c1nccc2ccccc12. The molecule has 0 radical (unpaired) electrons. The molecule has 1 N–H and O–H groups in total. The molecule has 2 nitrogen and oxygen atoms in total. The fourth-order valence-corrected chi connectivity index (χ4v) is 2.78. The van der Waals surface area contributed by atoms with Crippen molar-refractivity contribution in [3.05, 3.63) is 42.2 Å². The monoisotopic (exact) mass is 270 g/mol. The van der Waals surface area contributed by atoms with Gasteiger partial charge in [-0.15, -0.1) is 0 Å². The Kier molecular flexibility index (Phi) is 6.00. The molecule has 0 saturated carbocycles. The van der Waals surface area contributed by atoms with Crippen LogP contribution in [0.5, 0.6) is 0 Å². The van der Waals surface area contributed by atoms with E-state index in [0.29, 0.717) is 6.04 Å². The van der Waals surface area contributed by atoms with Gasteiger partial charge in [-0.05, 0) is 24.4 Å². The van der Waals surface area contributed by atoms with Crippen molar-refractivity contribution in [3.63, 3.8) is 0 Å². The molecular weight excluding hydrogens is 244 g/mol. The molecule has 1 atom stereocenters. The molecule has 20 heavy (non-hydrogen) atoms. The topological polar surface area (TPSA) is 24.9 Å². The number of hydrogen-bond donors (Lipinski definition) is 1. The van der Waals surface area contributed by atoms with Crippen LogP contribution in [0.15, 0.2) is 36.5 Å². The molecular formula is C18H26N2. The van der Waals surface area contributed by atoms with Crippen LogP contribution in [0.25, 0.3) is 10.8 Å². The molecule has 1 unspecified atom stereocenters. The predicted octanol–water partition coefficient (Wildman–Crippen LogP) is 4.86. The van der Waals surface area contributed by atoms with Gasteiger partial charge in [0, 0.05) is 11.6 Å². The summed E-state index contributed by atoms with van der Waals surface area (Å²) in [4.78, 5) is 4.66. The number of benzene rings is 1.